The Hall–Kier alpha value is -1.87. The highest BCUT2D eigenvalue weighted by Crippen LogP contribution is 2.31. The third kappa shape index (κ3) is 4.30. The Labute approximate surface area is 119 Å². The van der Waals surface area contributed by atoms with Crippen LogP contribution >= 0.6 is 0 Å². The van der Waals surface area contributed by atoms with Gasteiger partial charge in [0.05, 0.1) is 17.0 Å². The number of carbonyl (C=O) groups excluding carboxylic acids is 1. The monoisotopic (exact) mass is 322 g/mol. The number of hydrogen-bond donors (Lipinski definition) is 1. The molecule has 1 aromatic carbocycles. The molecule has 0 unspecified atom stereocenters. The van der Waals surface area contributed by atoms with E-state index in [-0.39, 0.29) is 6.54 Å². The number of alkyl halides is 3. The van der Waals surface area contributed by atoms with E-state index in [4.69, 9.17) is 5.73 Å². The Kier molecular flexibility index (Phi) is 5.13. The number of carbonyl (C=O) groups is 1. The van der Waals surface area contributed by atoms with Gasteiger partial charge >= 0.3 is 6.18 Å². The van der Waals surface area contributed by atoms with Crippen LogP contribution < -0.4 is 5.73 Å². The van der Waals surface area contributed by atoms with Gasteiger partial charge in [-0.25, -0.2) is 8.42 Å². The first-order valence-electron chi connectivity index (χ1n) is 5.65. The molecule has 2 N–H and O–H groups in total. The molecular formula is C12H13F3N2O3S. The van der Waals surface area contributed by atoms with Gasteiger partial charge in [0.25, 0.3) is 0 Å². The van der Waals surface area contributed by atoms with Gasteiger partial charge in [-0.3, -0.25) is 4.79 Å². The van der Waals surface area contributed by atoms with Crippen molar-refractivity contribution in [2.45, 2.75) is 11.1 Å². The third-order valence-corrected chi connectivity index (χ3v) is 4.27. The number of primary amides is 1. The van der Waals surface area contributed by atoms with Crippen LogP contribution in [0.5, 0.6) is 0 Å². The molecule has 1 aromatic rings. The van der Waals surface area contributed by atoms with Crippen molar-refractivity contribution in [1.29, 1.82) is 0 Å². The highest BCUT2D eigenvalue weighted by molar-refractivity contribution is 7.89. The first-order valence-corrected chi connectivity index (χ1v) is 7.09. The summed E-state index contributed by atoms with van der Waals surface area (Å²) >= 11 is 0. The van der Waals surface area contributed by atoms with E-state index in [9.17, 15) is 26.4 Å². The van der Waals surface area contributed by atoms with Crippen LogP contribution in [0.3, 0.4) is 0 Å². The van der Waals surface area contributed by atoms with Gasteiger partial charge in [-0.2, -0.15) is 17.5 Å². The molecule has 0 aromatic heterocycles. The van der Waals surface area contributed by atoms with Gasteiger partial charge in [0.1, 0.15) is 0 Å². The topological polar surface area (TPSA) is 80.5 Å². The average molecular weight is 322 g/mol. The first kappa shape index (κ1) is 17.2. The molecule has 116 valence electrons. The number of nitrogens with zero attached hydrogens (tertiary/aromatic N) is 1. The summed E-state index contributed by atoms with van der Waals surface area (Å²) in [6, 6.07) is 3.26. The zero-order valence-electron chi connectivity index (χ0n) is 10.8. The molecular weight excluding hydrogens is 309 g/mol. The van der Waals surface area contributed by atoms with Gasteiger partial charge < -0.3 is 5.73 Å². The summed E-state index contributed by atoms with van der Waals surface area (Å²) in [7, 11) is -4.28. The molecule has 0 saturated carbocycles. The van der Waals surface area contributed by atoms with E-state index in [0.29, 0.717) is 10.4 Å². The van der Waals surface area contributed by atoms with Crippen molar-refractivity contribution in [2.24, 2.45) is 5.73 Å². The summed E-state index contributed by atoms with van der Waals surface area (Å²) < 4.78 is 63.0. The molecule has 9 heteroatoms. The number of rotatable bonds is 6. The number of benzene rings is 1. The smallest absolute Gasteiger partial charge is 0.369 e. The lowest BCUT2D eigenvalue weighted by Gasteiger charge is -2.19. The number of hydrogen-bond acceptors (Lipinski definition) is 3. The molecule has 0 radical (unpaired) electrons. The number of nitrogens with two attached hydrogens (primary N) is 1. The fraction of sp³-hybridized carbons (Fsp3) is 0.250. The fourth-order valence-corrected chi connectivity index (χ4v) is 2.97. The van der Waals surface area contributed by atoms with Gasteiger partial charge in [-0.1, -0.05) is 12.1 Å². The Morgan fingerprint density at radius 3 is 2.48 bits per heavy atom. The van der Waals surface area contributed by atoms with E-state index in [0.717, 1.165) is 18.2 Å². The van der Waals surface area contributed by atoms with E-state index < -0.39 is 39.1 Å². The predicted octanol–water partition coefficient (Wildman–Crippen LogP) is 1.37. The van der Waals surface area contributed by atoms with Crippen LogP contribution in [0.2, 0.25) is 0 Å². The molecule has 0 spiro atoms. The summed E-state index contributed by atoms with van der Waals surface area (Å²) in [5.41, 5.74) is 3.84. The molecule has 21 heavy (non-hydrogen) atoms. The van der Waals surface area contributed by atoms with Crippen LogP contribution in [-0.4, -0.2) is 31.7 Å². The van der Waals surface area contributed by atoms with Crippen molar-refractivity contribution in [3.8, 4) is 0 Å². The number of halogens is 3. The van der Waals surface area contributed by atoms with Crippen LogP contribution in [0.25, 0.3) is 0 Å². The maximum atomic E-state index is 12.6. The van der Waals surface area contributed by atoms with Gasteiger partial charge in [0.2, 0.25) is 15.9 Å². The zero-order valence-corrected chi connectivity index (χ0v) is 11.6. The highest BCUT2D eigenvalue weighted by atomic mass is 32.2. The fourth-order valence-electron chi connectivity index (χ4n) is 1.55. The molecule has 0 aliphatic rings. The second-order valence-corrected chi connectivity index (χ2v) is 6.02. The third-order valence-electron chi connectivity index (χ3n) is 2.46. The van der Waals surface area contributed by atoms with Gasteiger partial charge in [0.15, 0.2) is 0 Å². The molecule has 0 heterocycles. The molecule has 0 aliphatic heterocycles. The van der Waals surface area contributed by atoms with Crippen LogP contribution in [0.15, 0.2) is 41.8 Å². The van der Waals surface area contributed by atoms with Crippen molar-refractivity contribution >= 4 is 15.9 Å². The second kappa shape index (κ2) is 6.27. The normalized spacial score (nSPS) is 12.4. The lowest BCUT2D eigenvalue weighted by Crippen LogP contribution is -2.38. The SMILES string of the molecule is C=CCN(CC(N)=O)S(=O)(=O)c1cccc(C(F)(F)F)c1. The van der Waals surface area contributed by atoms with E-state index in [1.54, 1.807) is 0 Å². The van der Waals surface area contributed by atoms with Gasteiger partial charge in [0, 0.05) is 6.54 Å². The van der Waals surface area contributed by atoms with E-state index >= 15 is 0 Å². The predicted molar refractivity (Wildman–Crippen MR) is 69.6 cm³/mol. The van der Waals surface area contributed by atoms with E-state index in [1.165, 1.54) is 6.08 Å². The molecule has 5 nitrogen and oxygen atoms in total. The minimum absolute atomic E-state index is 0.248. The number of sulfonamides is 1. The molecule has 0 aliphatic carbocycles. The van der Waals surface area contributed by atoms with Crippen molar-refractivity contribution in [3.05, 3.63) is 42.5 Å². The largest absolute Gasteiger partial charge is 0.416 e. The van der Waals surface area contributed by atoms with Crippen molar-refractivity contribution in [3.63, 3.8) is 0 Å². The summed E-state index contributed by atoms with van der Waals surface area (Å²) in [5.74, 6) is -0.924. The van der Waals surface area contributed by atoms with Crippen LogP contribution in [0.4, 0.5) is 13.2 Å². The Balaban J connectivity index is 3.28. The molecule has 1 amide bonds. The minimum Gasteiger partial charge on any atom is -0.369 e. The Morgan fingerprint density at radius 2 is 2.00 bits per heavy atom. The van der Waals surface area contributed by atoms with Crippen LogP contribution in [-0.2, 0) is 21.0 Å². The van der Waals surface area contributed by atoms with E-state index in [2.05, 4.69) is 6.58 Å². The summed E-state index contributed by atoms with van der Waals surface area (Å²) in [6.07, 6.45) is -3.47. The highest BCUT2D eigenvalue weighted by Gasteiger charge is 2.33. The molecule has 0 atom stereocenters. The van der Waals surface area contributed by atoms with Crippen LogP contribution in [0.1, 0.15) is 5.56 Å². The molecule has 0 saturated heterocycles. The van der Waals surface area contributed by atoms with Gasteiger partial charge in [-0.05, 0) is 18.2 Å². The first-order chi connectivity index (χ1) is 9.59. The van der Waals surface area contributed by atoms with Crippen molar-refractivity contribution < 1.29 is 26.4 Å². The standard InChI is InChI=1S/C12H13F3N2O3S/c1-2-6-17(8-11(16)18)21(19,20)10-5-3-4-9(7-10)12(13,14)15/h2-5,7H,1,6,8H2,(H2,16,18). The summed E-state index contributed by atoms with van der Waals surface area (Å²) in [6.45, 7) is 2.44. The lowest BCUT2D eigenvalue weighted by molar-refractivity contribution is -0.137. The summed E-state index contributed by atoms with van der Waals surface area (Å²) in [4.78, 5) is 10.3. The second-order valence-electron chi connectivity index (χ2n) is 4.08. The molecule has 0 bridgehead atoms. The minimum atomic E-state index is -4.67. The van der Waals surface area contributed by atoms with Crippen LogP contribution in [0, 0.1) is 0 Å². The summed E-state index contributed by atoms with van der Waals surface area (Å²) in [5, 5.41) is 0. The average Bonchev–Trinajstić information content (AvgIpc) is 2.37. The number of amides is 1. The lowest BCUT2D eigenvalue weighted by atomic mass is 10.2. The van der Waals surface area contributed by atoms with Crippen molar-refractivity contribution in [2.75, 3.05) is 13.1 Å². The maximum absolute atomic E-state index is 12.6. The quantitative estimate of drug-likeness (QED) is 0.803. The Bertz CT molecular complexity index is 641. The van der Waals surface area contributed by atoms with Gasteiger partial charge in [-0.15, -0.1) is 6.58 Å². The zero-order chi connectivity index (χ0) is 16.3. The molecule has 1 rings (SSSR count). The van der Waals surface area contributed by atoms with E-state index in [1.807, 2.05) is 0 Å². The Morgan fingerprint density at radius 1 is 1.38 bits per heavy atom. The van der Waals surface area contributed by atoms with Crippen molar-refractivity contribution in [1.82, 2.24) is 4.31 Å². The molecule has 0 fully saturated rings. The maximum Gasteiger partial charge on any atom is 0.416 e.